The molecule has 1 aromatic heterocycles. The van der Waals surface area contributed by atoms with Gasteiger partial charge in [-0.2, -0.15) is 43.5 Å². The van der Waals surface area contributed by atoms with Gasteiger partial charge in [0.05, 0.1) is 23.6 Å². The van der Waals surface area contributed by atoms with Gasteiger partial charge in [0, 0.05) is 10.7 Å². The largest absolute Gasteiger partial charge is 0.523 e. The number of hydrogen-bond acceptors (Lipinski definition) is 6. The summed E-state index contributed by atoms with van der Waals surface area (Å²) in [6.45, 7) is 1.10. The maximum Gasteiger partial charge on any atom is 0.523 e. The van der Waals surface area contributed by atoms with Gasteiger partial charge in [0.25, 0.3) is 0 Å². The zero-order valence-electron chi connectivity index (χ0n) is 15.8. The first-order valence-corrected chi connectivity index (χ1v) is 11.4. The molecule has 1 aliphatic rings. The summed E-state index contributed by atoms with van der Waals surface area (Å²) in [5.74, 6) is -2.44. The molecule has 0 bridgehead atoms. The van der Waals surface area contributed by atoms with E-state index in [0.29, 0.717) is 18.4 Å². The normalized spacial score (nSPS) is 22.0. The molecule has 0 amide bonds. The van der Waals surface area contributed by atoms with E-state index >= 15 is 0 Å². The summed E-state index contributed by atoms with van der Waals surface area (Å²) in [5.41, 5.74) is -5.19. The maximum absolute atomic E-state index is 14.2. The second kappa shape index (κ2) is 8.04. The van der Waals surface area contributed by atoms with Crippen LogP contribution < -0.4 is 0 Å². The van der Waals surface area contributed by atoms with Crippen molar-refractivity contribution in [3.8, 4) is 11.3 Å². The molecule has 1 heterocycles. The highest BCUT2D eigenvalue weighted by molar-refractivity contribution is 7.99. The first-order chi connectivity index (χ1) is 13.9. The third-order valence-corrected chi connectivity index (χ3v) is 7.46. The molecule has 12 heteroatoms. The second-order valence-corrected chi connectivity index (χ2v) is 9.90. The van der Waals surface area contributed by atoms with Gasteiger partial charge in [-0.05, 0) is 49.8 Å². The van der Waals surface area contributed by atoms with Crippen molar-refractivity contribution in [2.24, 2.45) is 0 Å². The fraction of sp³-hybridized carbons (Fsp3) is 0.444. The molecule has 0 radical (unpaired) electrons. The Hall–Kier alpha value is -1.79. The van der Waals surface area contributed by atoms with E-state index in [1.165, 1.54) is 23.9 Å². The number of fused-ring (bicyclic) bond motifs is 1. The zero-order chi connectivity index (χ0) is 22.3. The van der Waals surface area contributed by atoms with Gasteiger partial charge in [-0.3, -0.25) is 4.18 Å². The molecule has 0 spiro atoms. The number of rotatable bonds is 5. The van der Waals surface area contributed by atoms with E-state index in [-0.39, 0.29) is 17.0 Å². The van der Waals surface area contributed by atoms with Crippen molar-refractivity contribution in [3.63, 3.8) is 0 Å². The van der Waals surface area contributed by atoms with Gasteiger partial charge in [-0.25, -0.2) is 8.78 Å². The highest BCUT2D eigenvalue weighted by Crippen LogP contribution is 2.48. The number of alkyl halides is 3. The molecule has 164 valence electrons. The predicted molar refractivity (Wildman–Crippen MR) is 101 cm³/mol. The highest BCUT2D eigenvalue weighted by Gasteiger charge is 2.48. The van der Waals surface area contributed by atoms with E-state index in [1.54, 1.807) is 0 Å². The van der Waals surface area contributed by atoms with Crippen molar-refractivity contribution < 1.29 is 34.6 Å². The van der Waals surface area contributed by atoms with Crippen LogP contribution in [0.15, 0.2) is 24.3 Å². The zero-order valence-corrected chi connectivity index (χ0v) is 17.5. The fourth-order valence-electron chi connectivity index (χ4n) is 3.32. The summed E-state index contributed by atoms with van der Waals surface area (Å²) in [4.78, 5) is 0. The van der Waals surface area contributed by atoms with Crippen LogP contribution in [0.1, 0.15) is 36.9 Å². The van der Waals surface area contributed by atoms with E-state index in [9.17, 15) is 30.4 Å². The summed E-state index contributed by atoms with van der Waals surface area (Å²) in [6, 6.07) is 4.81. The van der Waals surface area contributed by atoms with Crippen LogP contribution in [0.25, 0.3) is 11.3 Å². The average Bonchev–Trinajstić information content (AvgIpc) is 2.67. The molecular weight excluding hydrogens is 451 g/mol. The number of benzene rings is 1. The van der Waals surface area contributed by atoms with Crippen molar-refractivity contribution in [1.82, 2.24) is 10.2 Å². The summed E-state index contributed by atoms with van der Waals surface area (Å²) in [6.07, 6.45) is 2.59. The molecule has 30 heavy (non-hydrogen) atoms. The maximum atomic E-state index is 14.2. The molecule has 3 rings (SSSR count). The van der Waals surface area contributed by atoms with Crippen LogP contribution in [-0.2, 0) is 19.0 Å². The number of nitrogens with zero attached hydrogens (tertiary/aromatic N) is 2. The van der Waals surface area contributed by atoms with Gasteiger partial charge in [-0.1, -0.05) is 6.07 Å². The van der Waals surface area contributed by atoms with Crippen molar-refractivity contribution in [2.45, 2.75) is 35.9 Å². The Balaban J connectivity index is 2.02. The van der Waals surface area contributed by atoms with Crippen LogP contribution in [0.2, 0.25) is 0 Å². The molecule has 0 fully saturated rings. The minimum Gasteiger partial charge on any atom is -0.262 e. The van der Waals surface area contributed by atoms with Crippen molar-refractivity contribution in [2.75, 3.05) is 12.9 Å². The van der Waals surface area contributed by atoms with Crippen molar-refractivity contribution in [3.05, 3.63) is 47.2 Å². The molecular formula is C18H17F5N2O3S2. The molecule has 2 atom stereocenters. The number of thioether (sulfide) groups is 1. The minimum absolute atomic E-state index is 0.0610. The number of aromatic nitrogens is 2. The van der Waals surface area contributed by atoms with Crippen LogP contribution >= 0.6 is 11.8 Å². The van der Waals surface area contributed by atoms with E-state index in [1.807, 2.05) is 13.2 Å². The van der Waals surface area contributed by atoms with Crippen molar-refractivity contribution >= 4 is 21.9 Å². The first-order valence-electron chi connectivity index (χ1n) is 8.73. The van der Waals surface area contributed by atoms with E-state index in [0.717, 1.165) is 12.1 Å². The van der Waals surface area contributed by atoms with Gasteiger partial charge in [0.1, 0.15) is 11.6 Å². The summed E-state index contributed by atoms with van der Waals surface area (Å²) in [7, 11) is -5.75. The average molecular weight is 468 g/mol. The van der Waals surface area contributed by atoms with Crippen LogP contribution in [0, 0.1) is 11.6 Å². The molecule has 1 aromatic carbocycles. The standard InChI is InChI=1S/C18H17F5N2O3S2/c1-17(29-2)7-6-10(9-28-30(26,27)18(21,22)23)16-11(17)8-14(24-25-16)15-12(19)4-3-5-13(15)20/h3-5,8,10H,6-7,9H2,1-2H3. The Morgan fingerprint density at radius 1 is 1.23 bits per heavy atom. The third-order valence-electron chi connectivity index (χ3n) is 5.13. The molecule has 0 aliphatic heterocycles. The number of hydrogen-bond donors (Lipinski definition) is 0. The lowest BCUT2D eigenvalue weighted by molar-refractivity contribution is -0.0546. The smallest absolute Gasteiger partial charge is 0.262 e. The SMILES string of the molecule is CSC1(C)CCC(COS(=O)(=O)C(F)(F)F)c2nnc(-c3c(F)cccc3F)cc21. The molecule has 2 unspecified atom stereocenters. The van der Waals surface area contributed by atoms with Crippen LogP contribution in [0.3, 0.4) is 0 Å². The van der Waals surface area contributed by atoms with Gasteiger partial charge >= 0.3 is 15.6 Å². The fourth-order valence-corrected chi connectivity index (χ4v) is 4.51. The summed E-state index contributed by atoms with van der Waals surface area (Å²) in [5, 5.41) is 7.87. The summed E-state index contributed by atoms with van der Waals surface area (Å²) >= 11 is 1.44. The minimum atomic E-state index is -5.75. The van der Waals surface area contributed by atoms with Crippen LogP contribution in [0.5, 0.6) is 0 Å². The molecule has 0 saturated carbocycles. The van der Waals surface area contributed by atoms with Gasteiger partial charge in [0.15, 0.2) is 0 Å². The third kappa shape index (κ3) is 4.17. The Bertz CT molecular complexity index is 1040. The summed E-state index contributed by atoms with van der Waals surface area (Å²) < 4.78 is 92.2. The highest BCUT2D eigenvalue weighted by atomic mass is 32.2. The monoisotopic (exact) mass is 468 g/mol. The van der Waals surface area contributed by atoms with E-state index in [2.05, 4.69) is 14.4 Å². The van der Waals surface area contributed by atoms with E-state index in [4.69, 9.17) is 0 Å². The lowest BCUT2D eigenvalue weighted by atomic mass is 9.80. The predicted octanol–water partition coefficient (Wildman–Crippen LogP) is 4.74. The Kier molecular flexibility index (Phi) is 6.14. The molecule has 1 aliphatic carbocycles. The molecule has 0 saturated heterocycles. The Morgan fingerprint density at radius 2 is 1.87 bits per heavy atom. The molecule has 0 N–H and O–H groups in total. The Labute approximate surface area is 174 Å². The van der Waals surface area contributed by atoms with Crippen molar-refractivity contribution in [1.29, 1.82) is 0 Å². The van der Waals surface area contributed by atoms with Gasteiger partial charge in [0.2, 0.25) is 0 Å². The topological polar surface area (TPSA) is 69.2 Å². The quantitative estimate of drug-likeness (QED) is 0.359. The molecule has 2 aromatic rings. The second-order valence-electron chi connectivity index (χ2n) is 6.98. The van der Waals surface area contributed by atoms with E-state index < -0.39 is 44.5 Å². The lowest BCUT2D eigenvalue weighted by Crippen LogP contribution is -2.32. The van der Waals surface area contributed by atoms with Gasteiger partial charge in [-0.15, -0.1) is 0 Å². The number of halogens is 5. The lowest BCUT2D eigenvalue weighted by Gasteiger charge is -2.37. The first kappa shape index (κ1) is 22.9. The van der Waals surface area contributed by atoms with Crippen LogP contribution in [0.4, 0.5) is 22.0 Å². The molecule has 5 nitrogen and oxygen atoms in total. The van der Waals surface area contributed by atoms with Crippen LogP contribution in [-0.4, -0.2) is 37.0 Å². The Morgan fingerprint density at radius 3 is 2.43 bits per heavy atom. The van der Waals surface area contributed by atoms with Gasteiger partial charge < -0.3 is 0 Å².